The molecule has 0 fully saturated rings. The molecule has 2 N–H and O–H groups in total. The molecule has 1 amide bonds. The van der Waals surface area contributed by atoms with Gasteiger partial charge < -0.3 is 24.8 Å². The van der Waals surface area contributed by atoms with Crippen LogP contribution in [0.15, 0.2) is 24.3 Å². The Morgan fingerprint density at radius 1 is 1.14 bits per heavy atom. The van der Waals surface area contributed by atoms with E-state index in [1.165, 1.54) is 7.85 Å². The van der Waals surface area contributed by atoms with Crippen molar-refractivity contribution >= 4 is 19.8 Å². The zero-order chi connectivity index (χ0) is 16.2. The second-order valence-corrected chi connectivity index (χ2v) is 4.46. The maximum atomic E-state index is 11.5. The van der Waals surface area contributed by atoms with Gasteiger partial charge in [0.25, 0.3) is 0 Å². The van der Waals surface area contributed by atoms with E-state index in [0.717, 1.165) is 12.1 Å². The number of nitrogens with one attached hydrogen (secondary N) is 2. The zero-order valence-corrected chi connectivity index (χ0v) is 12.9. The fraction of sp³-hybridized carbons (Fsp3) is 0.429. The lowest BCUT2D eigenvalue weighted by atomic mass is 10.2. The SMILES string of the molecule is BC(=O)OCc1ccc(OC(=O)NCCOCCNC)cc1. The normalized spacial score (nSPS) is 10.0. The Morgan fingerprint density at radius 3 is 2.45 bits per heavy atom. The summed E-state index contributed by atoms with van der Waals surface area (Å²) >= 11 is 0. The Labute approximate surface area is 130 Å². The number of carbonyl (C=O) groups is 2. The van der Waals surface area contributed by atoms with Gasteiger partial charge in [-0.3, -0.25) is 4.79 Å². The number of likely N-dealkylation sites (N-methyl/N-ethyl adjacent to an activating group) is 1. The summed E-state index contributed by atoms with van der Waals surface area (Å²) in [4.78, 5) is 22.2. The maximum absolute atomic E-state index is 11.5. The van der Waals surface area contributed by atoms with E-state index in [4.69, 9.17) is 14.2 Å². The van der Waals surface area contributed by atoms with E-state index < -0.39 is 6.09 Å². The van der Waals surface area contributed by atoms with Crippen LogP contribution in [0, 0.1) is 0 Å². The molecule has 0 radical (unpaired) electrons. The standard InChI is InChI=1S/C14H21BN2O5/c1-16-6-8-20-9-7-17-14(19)22-12-4-2-11(3-5-12)10-21-13(15)18/h2-5,16H,6-10,15H2,1H3,(H,17,19). The van der Waals surface area contributed by atoms with Gasteiger partial charge in [0, 0.05) is 13.1 Å². The van der Waals surface area contributed by atoms with E-state index >= 15 is 0 Å². The molecular weight excluding hydrogens is 287 g/mol. The molecule has 22 heavy (non-hydrogen) atoms. The zero-order valence-electron chi connectivity index (χ0n) is 12.9. The van der Waals surface area contributed by atoms with Crippen molar-refractivity contribution < 1.29 is 23.8 Å². The summed E-state index contributed by atoms with van der Waals surface area (Å²) in [6.07, 6.45) is -0.537. The van der Waals surface area contributed by atoms with Crippen molar-refractivity contribution in [3.8, 4) is 5.75 Å². The van der Waals surface area contributed by atoms with Crippen molar-refractivity contribution in [3.63, 3.8) is 0 Å². The molecule has 0 atom stereocenters. The lowest BCUT2D eigenvalue weighted by Crippen LogP contribution is -2.30. The van der Waals surface area contributed by atoms with Gasteiger partial charge in [-0.25, -0.2) is 4.79 Å². The molecule has 0 unspecified atom stereocenters. The van der Waals surface area contributed by atoms with Crippen molar-refractivity contribution in [2.75, 3.05) is 33.4 Å². The molecule has 0 heterocycles. The van der Waals surface area contributed by atoms with Crippen molar-refractivity contribution in [3.05, 3.63) is 29.8 Å². The lowest BCUT2D eigenvalue weighted by Gasteiger charge is -2.08. The summed E-state index contributed by atoms with van der Waals surface area (Å²) < 4.78 is 15.2. The smallest absolute Gasteiger partial charge is 0.412 e. The number of carbonyl (C=O) groups excluding carboxylic acids is 2. The Morgan fingerprint density at radius 2 is 1.82 bits per heavy atom. The van der Waals surface area contributed by atoms with Crippen LogP contribution in [0.2, 0.25) is 0 Å². The van der Waals surface area contributed by atoms with Crippen LogP contribution < -0.4 is 15.4 Å². The van der Waals surface area contributed by atoms with Crippen LogP contribution >= 0.6 is 0 Å². The molecule has 0 aromatic heterocycles. The molecular formula is C14H21BN2O5. The average Bonchev–Trinajstić information content (AvgIpc) is 2.50. The van der Waals surface area contributed by atoms with Gasteiger partial charge in [0.2, 0.25) is 13.7 Å². The van der Waals surface area contributed by atoms with Gasteiger partial charge in [0.15, 0.2) is 0 Å². The number of ether oxygens (including phenoxy) is 3. The Kier molecular flexibility index (Phi) is 8.70. The highest BCUT2D eigenvalue weighted by molar-refractivity contribution is 6.55. The molecule has 1 aromatic carbocycles. The molecule has 8 heteroatoms. The van der Waals surface area contributed by atoms with E-state index in [1.54, 1.807) is 24.3 Å². The Hall–Kier alpha value is -2.06. The van der Waals surface area contributed by atoms with E-state index in [9.17, 15) is 9.59 Å². The van der Waals surface area contributed by atoms with Crippen molar-refractivity contribution in [1.29, 1.82) is 0 Å². The van der Waals surface area contributed by atoms with Gasteiger partial charge in [-0.05, 0) is 24.7 Å². The first kappa shape index (κ1) is 18.0. The summed E-state index contributed by atoms with van der Waals surface area (Å²) in [6, 6.07) is 6.74. The molecule has 0 bridgehead atoms. The number of benzene rings is 1. The van der Waals surface area contributed by atoms with Gasteiger partial charge in [0.05, 0.1) is 13.2 Å². The van der Waals surface area contributed by atoms with Crippen LogP contribution in [0.25, 0.3) is 0 Å². The van der Waals surface area contributed by atoms with Crippen LogP contribution in [0.1, 0.15) is 5.56 Å². The monoisotopic (exact) mass is 308 g/mol. The van der Waals surface area contributed by atoms with Gasteiger partial charge >= 0.3 is 6.09 Å². The molecule has 0 spiro atoms. The molecule has 0 aliphatic heterocycles. The number of rotatable bonds is 9. The van der Waals surface area contributed by atoms with E-state index in [-0.39, 0.29) is 12.5 Å². The topological polar surface area (TPSA) is 85.9 Å². The fourth-order valence-corrected chi connectivity index (χ4v) is 1.48. The summed E-state index contributed by atoms with van der Waals surface area (Å²) in [5.41, 5.74) is 0.820. The van der Waals surface area contributed by atoms with Gasteiger partial charge in [0.1, 0.15) is 12.4 Å². The first-order chi connectivity index (χ1) is 10.6. The van der Waals surface area contributed by atoms with Gasteiger partial charge in [-0.15, -0.1) is 0 Å². The number of amides is 1. The fourth-order valence-electron chi connectivity index (χ4n) is 1.48. The minimum Gasteiger partial charge on any atom is -0.469 e. The molecule has 1 aromatic rings. The average molecular weight is 308 g/mol. The predicted octanol–water partition coefficient (Wildman–Crippen LogP) is 0.281. The lowest BCUT2D eigenvalue weighted by molar-refractivity contribution is 0.136. The third kappa shape index (κ3) is 8.28. The van der Waals surface area contributed by atoms with Gasteiger partial charge in [-0.2, -0.15) is 0 Å². The molecule has 0 saturated carbocycles. The minimum absolute atomic E-state index is 0.200. The maximum Gasteiger partial charge on any atom is 0.412 e. The molecule has 7 nitrogen and oxygen atoms in total. The van der Waals surface area contributed by atoms with Crippen LogP contribution in [0.3, 0.4) is 0 Å². The largest absolute Gasteiger partial charge is 0.469 e. The number of hydrogen-bond acceptors (Lipinski definition) is 6. The molecule has 0 aliphatic rings. The van der Waals surface area contributed by atoms with Crippen LogP contribution in [0.4, 0.5) is 9.59 Å². The van der Waals surface area contributed by atoms with Crippen LogP contribution in [-0.2, 0) is 16.1 Å². The van der Waals surface area contributed by atoms with Crippen molar-refractivity contribution in [1.82, 2.24) is 10.6 Å². The summed E-state index contributed by atoms with van der Waals surface area (Å²) in [5, 5.41) is 5.54. The number of hydrogen-bond donors (Lipinski definition) is 2. The third-order valence-corrected chi connectivity index (χ3v) is 2.59. The Balaban J connectivity index is 2.22. The molecule has 1 rings (SSSR count). The first-order valence-electron chi connectivity index (χ1n) is 7.02. The van der Waals surface area contributed by atoms with Crippen LogP contribution in [-0.4, -0.2) is 53.2 Å². The van der Waals surface area contributed by atoms with Crippen LogP contribution in [0.5, 0.6) is 5.75 Å². The first-order valence-corrected chi connectivity index (χ1v) is 7.02. The second kappa shape index (κ2) is 10.6. The highest BCUT2D eigenvalue weighted by atomic mass is 16.6. The highest BCUT2D eigenvalue weighted by Gasteiger charge is 2.04. The minimum atomic E-state index is -0.537. The predicted molar refractivity (Wildman–Crippen MR) is 83.9 cm³/mol. The summed E-state index contributed by atoms with van der Waals surface area (Å²) in [7, 11) is 3.20. The van der Waals surface area contributed by atoms with Crippen molar-refractivity contribution in [2.45, 2.75) is 6.61 Å². The van der Waals surface area contributed by atoms with Crippen molar-refractivity contribution in [2.24, 2.45) is 0 Å². The third-order valence-electron chi connectivity index (χ3n) is 2.59. The molecule has 0 saturated heterocycles. The van der Waals surface area contributed by atoms with Gasteiger partial charge in [-0.1, -0.05) is 12.1 Å². The quantitative estimate of drug-likeness (QED) is 0.503. The molecule has 120 valence electrons. The summed E-state index contributed by atoms with van der Waals surface area (Å²) in [6.45, 7) is 2.37. The Bertz CT molecular complexity index is 467. The van der Waals surface area contributed by atoms with E-state index in [0.29, 0.717) is 25.5 Å². The summed E-state index contributed by atoms with van der Waals surface area (Å²) in [5.74, 6) is 0.0804. The second-order valence-electron chi connectivity index (χ2n) is 4.46. The molecule has 0 aliphatic carbocycles. The van der Waals surface area contributed by atoms with E-state index in [1.807, 2.05) is 7.05 Å². The highest BCUT2D eigenvalue weighted by Crippen LogP contribution is 2.13. The van der Waals surface area contributed by atoms with E-state index in [2.05, 4.69) is 10.6 Å².